The molecular weight excluding hydrogens is 244 g/mol. The molecule has 0 aliphatic carbocycles. The van der Waals surface area contributed by atoms with Gasteiger partial charge in [0, 0.05) is 18.5 Å². The first-order chi connectivity index (χ1) is 8.87. The summed E-state index contributed by atoms with van der Waals surface area (Å²) in [6.07, 6.45) is 2.86. The van der Waals surface area contributed by atoms with Gasteiger partial charge in [-0.1, -0.05) is 6.92 Å². The third-order valence-corrected chi connectivity index (χ3v) is 4.89. The molecule has 0 spiro atoms. The first-order valence-electron chi connectivity index (χ1n) is 7.11. The first kappa shape index (κ1) is 14.3. The fourth-order valence-corrected chi connectivity index (χ4v) is 2.99. The van der Waals surface area contributed by atoms with E-state index in [2.05, 4.69) is 5.32 Å². The van der Waals surface area contributed by atoms with Crippen molar-refractivity contribution in [3.8, 4) is 0 Å². The molecule has 0 aromatic heterocycles. The van der Waals surface area contributed by atoms with Crippen LogP contribution in [-0.2, 0) is 9.59 Å². The van der Waals surface area contributed by atoms with Gasteiger partial charge in [0.25, 0.3) is 0 Å². The molecule has 0 aromatic rings. The molecule has 1 amide bonds. The first-order valence-corrected chi connectivity index (χ1v) is 7.11. The zero-order valence-corrected chi connectivity index (χ0v) is 11.9. The van der Waals surface area contributed by atoms with Gasteiger partial charge in [-0.2, -0.15) is 0 Å². The van der Waals surface area contributed by atoms with E-state index in [0.29, 0.717) is 25.9 Å². The summed E-state index contributed by atoms with van der Waals surface area (Å²) in [7, 11) is 0. The van der Waals surface area contributed by atoms with Gasteiger partial charge in [-0.3, -0.25) is 9.59 Å². The minimum Gasteiger partial charge on any atom is -0.481 e. The number of amides is 1. The second-order valence-corrected chi connectivity index (χ2v) is 6.47. The third-order valence-electron chi connectivity index (χ3n) is 4.89. The smallest absolute Gasteiger partial charge is 0.309 e. The monoisotopic (exact) mass is 268 g/mol. The molecule has 0 unspecified atom stereocenters. The van der Waals surface area contributed by atoms with Crippen molar-refractivity contribution < 1.29 is 14.7 Å². The SMILES string of the molecule is CC1(C(=O)O)CCN(C(=O)C2(C)CCNCC2)CC1. The van der Waals surface area contributed by atoms with Crippen LogP contribution >= 0.6 is 0 Å². The number of carbonyl (C=O) groups is 2. The van der Waals surface area contributed by atoms with Gasteiger partial charge in [0.15, 0.2) is 0 Å². The topological polar surface area (TPSA) is 69.6 Å². The predicted molar refractivity (Wildman–Crippen MR) is 71.8 cm³/mol. The molecule has 5 heteroatoms. The Balaban J connectivity index is 1.97. The maximum Gasteiger partial charge on any atom is 0.309 e. The predicted octanol–water partition coefficient (Wildman–Crippen LogP) is 1.09. The Hall–Kier alpha value is -1.10. The van der Waals surface area contributed by atoms with Gasteiger partial charge in [0.2, 0.25) is 5.91 Å². The lowest BCUT2D eigenvalue weighted by Gasteiger charge is -2.42. The van der Waals surface area contributed by atoms with E-state index < -0.39 is 11.4 Å². The summed E-state index contributed by atoms with van der Waals surface area (Å²) >= 11 is 0. The number of nitrogens with one attached hydrogen (secondary N) is 1. The highest BCUT2D eigenvalue weighted by Crippen LogP contribution is 2.35. The molecule has 2 heterocycles. The number of carboxylic acids is 1. The van der Waals surface area contributed by atoms with E-state index in [9.17, 15) is 14.7 Å². The van der Waals surface area contributed by atoms with Gasteiger partial charge in [-0.05, 0) is 45.7 Å². The number of nitrogens with zero attached hydrogens (tertiary/aromatic N) is 1. The van der Waals surface area contributed by atoms with Crippen molar-refractivity contribution in [2.75, 3.05) is 26.2 Å². The molecule has 0 bridgehead atoms. The third kappa shape index (κ3) is 2.76. The van der Waals surface area contributed by atoms with Crippen LogP contribution in [0.3, 0.4) is 0 Å². The van der Waals surface area contributed by atoms with Gasteiger partial charge >= 0.3 is 5.97 Å². The van der Waals surface area contributed by atoms with Crippen LogP contribution in [0, 0.1) is 10.8 Å². The van der Waals surface area contributed by atoms with E-state index >= 15 is 0 Å². The summed E-state index contributed by atoms with van der Waals surface area (Å²) in [4.78, 5) is 25.7. The molecule has 0 aromatic carbocycles. The summed E-state index contributed by atoms with van der Waals surface area (Å²) in [6, 6.07) is 0. The lowest BCUT2D eigenvalue weighted by atomic mass is 9.77. The average molecular weight is 268 g/mol. The van der Waals surface area contributed by atoms with Crippen molar-refractivity contribution >= 4 is 11.9 Å². The average Bonchev–Trinajstić information content (AvgIpc) is 2.39. The van der Waals surface area contributed by atoms with Crippen LogP contribution in [0.25, 0.3) is 0 Å². The van der Waals surface area contributed by atoms with E-state index in [-0.39, 0.29) is 11.3 Å². The number of hydrogen-bond donors (Lipinski definition) is 2. The van der Waals surface area contributed by atoms with Crippen LogP contribution in [0.1, 0.15) is 39.5 Å². The van der Waals surface area contributed by atoms with Crippen molar-refractivity contribution in [3.63, 3.8) is 0 Å². The molecule has 0 atom stereocenters. The highest BCUT2D eigenvalue weighted by atomic mass is 16.4. The van der Waals surface area contributed by atoms with Crippen LogP contribution in [0.15, 0.2) is 0 Å². The summed E-state index contributed by atoms with van der Waals surface area (Å²) in [5, 5.41) is 12.5. The lowest BCUT2D eigenvalue weighted by Crippen LogP contribution is -2.52. The van der Waals surface area contributed by atoms with Gasteiger partial charge in [-0.15, -0.1) is 0 Å². The van der Waals surface area contributed by atoms with Crippen molar-refractivity contribution in [2.45, 2.75) is 39.5 Å². The largest absolute Gasteiger partial charge is 0.481 e. The van der Waals surface area contributed by atoms with Crippen molar-refractivity contribution in [2.24, 2.45) is 10.8 Å². The van der Waals surface area contributed by atoms with Crippen LogP contribution < -0.4 is 5.32 Å². The number of carbonyl (C=O) groups excluding carboxylic acids is 1. The minimum atomic E-state index is -0.743. The molecule has 0 radical (unpaired) electrons. The van der Waals surface area contributed by atoms with Gasteiger partial charge in [0.1, 0.15) is 0 Å². The Kier molecular flexibility index (Phi) is 3.85. The molecule has 2 aliphatic heterocycles. The van der Waals surface area contributed by atoms with Gasteiger partial charge in [0.05, 0.1) is 5.41 Å². The fourth-order valence-electron chi connectivity index (χ4n) is 2.99. The van der Waals surface area contributed by atoms with E-state index in [1.807, 2.05) is 11.8 Å². The number of aliphatic carboxylic acids is 1. The molecule has 2 saturated heterocycles. The minimum absolute atomic E-state index is 0.210. The van der Waals surface area contributed by atoms with Crippen LogP contribution in [0.4, 0.5) is 0 Å². The molecule has 5 nitrogen and oxygen atoms in total. The summed E-state index contributed by atoms with van der Waals surface area (Å²) < 4.78 is 0. The van der Waals surface area contributed by atoms with Crippen molar-refractivity contribution in [1.82, 2.24) is 10.2 Å². The number of rotatable bonds is 2. The van der Waals surface area contributed by atoms with Crippen LogP contribution in [-0.4, -0.2) is 48.1 Å². The Morgan fingerprint density at radius 3 is 2.00 bits per heavy atom. The highest BCUT2D eigenvalue weighted by Gasteiger charge is 2.42. The number of likely N-dealkylation sites (tertiary alicyclic amines) is 1. The molecule has 108 valence electrons. The molecule has 0 saturated carbocycles. The molecule has 2 N–H and O–H groups in total. The molecular formula is C14H24N2O3. The van der Waals surface area contributed by atoms with Crippen molar-refractivity contribution in [1.29, 1.82) is 0 Å². The van der Waals surface area contributed by atoms with E-state index in [4.69, 9.17) is 0 Å². The van der Waals surface area contributed by atoms with E-state index in [1.54, 1.807) is 6.92 Å². The number of carboxylic acid groups (broad SMARTS) is 1. The summed E-state index contributed by atoms with van der Waals surface area (Å²) in [6.45, 7) is 6.76. The quantitative estimate of drug-likeness (QED) is 0.786. The molecule has 19 heavy (non-hydrogen) atoms. The number of piperidine rings is 2. The maximum absolute atomic E-state index is 12.6. The second-order valence-electron chi connectivity index (χ2n) is 6.47. The molecule has 2 aliphatic rings. The highest BCUT2D eigenvalue weighted by molar-refractivity contribution is 5.83. The number of hydrogen-bond acceptors (Lipinski definition) is 3. The summed E-state index contributed by atoms with van der Waals surface area (Å²) in [5.74, 6) is -0.533. The second kappa shape index (κ2) is 5.12. The van der Waals surface area contributed by atoms with E-state index in [1.165, 1.54) is 0 Å². The summed E-state index contributed by atoms with van der Waals surface area (Å²) in [5.41, 5.74) is -0.923. The Bertz CT molecular complexity index is 367. The normalized spacial score (nSPS) is 25.9. The van der Waals surface area contributed by atoms with Crippen LogP contribution in [0.2, 0.25) is 0 Å². The molecule has 2 rings (SSSR count). The van der Waals surface area contributed by atoms with Crippen LogP contribution in [0.5, 0.6) is 0 Å². The standard InChI is InChI=1S/C14H24N2O3/c1-13(3-7-15-8-4-13)11(17)16-9-5-14(2,6-10-16)12(18)19/h15H,3-10H2,1-2H3,(H,18,19). The Labute approximate surface area is 114 Å². The zero-order valence-electron chi connectivity index (χ0n) is 11.9. The Morgan fingerprint density at radius 2 is 1.53 bits per heavy atom. The zero-order chi connectivity index (χ0) is 14.1. The van der Waals surface area contributed by atoms with Crippen molar-refractivity contribution in [3.05, 3.63) is 0 Å². The Morgan fingerprint density at radius 1 is 1.00 bits per heavy atom. The fraction of sp³-hybridized carbons (Fsp3) is 0.857. The van der Waals surface area contributed by atoms with E-state index in [0.717, 1.165) is 25.9 Å². The van der Waals surface area contributed by atoms with Gasteiger partial charge < -0.3 is 15.3 Å². The maximum atomic E-state index is 12.6. The molecule has 2 fully saturated rings. The van der Waals surface area contributed by atoms with Gasteiger partial charge in [-0.25, -0.2) is 0 Å². The lowest BCUT2D eigenvalue weighted by molar-refractivity contribution is -0.155.